The Morgan fingerprint density at radius 3 is 1.14 bits per heavy atom. The minimum atomic E-state index is 0.230. The summed E-state index contributed by atoms with van der Waals surface area (Å²) >= 11 is 10.2. The summed E-state index contributed by atoms with van der Waals surface area (Å²) in [6.45, 7) is 8.92. The van der Waals surface area contributed by atoms with E-state index in [-0.39, 0.29) is 21.1 Å². The summed E-state index contributed by atoms with van der Waals surface area (Å²) in [5.41, 5.74) is 0. The molecule has 128 valence electrons. The monoisotopic (exact) mass is 440 g/mol. The average molecular weight is 439 g/mol. The van der Waals surface area contributed by atoms with Gasteiger partial charge < -0.3 is 25.3 Å². The fourth-order valence-corrected chi connectivity index (χ4v) is 2.60. The van der Waals surface area contributed by atoms with Gasteiger partial charge in [-0.05, 0) is 0 Å². The first kappa shape index (κ1) is 27.4. The molecule has 0 saturated heterocycles. The molecular weight excluding hydrogens is 399 g/mol. The normalized spacial score (nSPS) is 12.2. The predicted octanol–water partition coefficient (Wildman–Crippen LogP) is 6.29. The molecular formula is C18H40S2Sn. The van der Waals surface area contributed by atoms with Crippen molar-refractivity contribution in [2.75, 3.05) is 11.5 Å². The molecule has 0 N–H and O–H groups in total. The third-order valence-electron chi connectivity index (χ3n) is 3.56. The van der Waals surface area contributed by atoms with Gasteiger partial charge in [0.05, 0.1) is 0 Å². The van der Waals surface area contributed by atoms with E-state index in [1.165, 1.54) is 51.4 Å². The Labute approximate surface area is 158 Å². The van der Waals surface area contributed by atoms with E-state index in [1.807, 2.05) is 0 Å². The fourth-order valence-electron chi connectivity index (χ4n) is 1.80. The van der Waals surface area contributed by atoms with Crippen LogP contribution in [0.2, 0.25) is 9.88 Å². The van der Waals surface area contributed by atoms with E-state index in [1.54, 1.807) is 0 Å². The van der Waals surface area contributed by atoms with E-state index in [9.17, 15) is 0 Å². The summed E-state index contributed by atoms with van der Waals surface area (Å²) in [7, 11) is 0. The zero-order valence-corrected chi connectivity index (χ0v) is 20.0. The topological polar surface area (TPSA) is 0 Å². The molecule has 0 radical (unpaired) electrons. The molecule has 0 saturated carbocycles. The van der Waals surface area contributed by atoms with Crippen molar-refractivity contribution in [1.29, 1.82) is 0 Å². The standard InChI is InChI=1S/2C8H18S.2CH3.Sn/c2*1-3-5-6-8(4-2)7-9;;;/h2*8-9H,3-7H2,1-2H3;2*1H3;/q;;;;+2/p-2. The second-order valence-corrected chi connectivity index (χ2v) is 9.19. The van der Waals surface area contributed by atoms with Gasteiger partial charge in [-0.3, -0.25) is 0 Å². The van der Waals surface area contributed by atoms with E-state index in [4.69, 9.17) is 25.3 Å². The van der Waals surface area contributed by atoms with Gasteiger partial charge >= 0.3 is 31.0 Å². The SMILES string of the molecule is CCCCC(CC)C[S-].CCCCC(CC)C[S-].[CH3][Sn+2][CH3]. The van der Waals surface area contributed by atoms with Gasteiger partial charge in [-0.25, -0.2) is 0 Å². The van der Waals surface area contributed by atoms with Crippen molar-refractivity contribution in [3.63, 3.8) is 0 Å². The van der Waals surface area contributed by atoms with Crippen LogP contribution in [-0.2, 0) is 25.3 Å². The van der Waals surface area contributed by atoms with Gasteiger partial charge in [0.25, 0.3) is 0 Å². The Kier molecular flexibility index (Phi) is 34.4. The first-order chi connectivity index (χ1) is 10.1. The van der Waals surface area contributed by atoms with E-state index >= 15 is 0 Å². The molecule has 3 heteroatoms. The second-order valence-electron chi connectivity index (χ2n) is 5.67. The Bertz CT molecular complexity index is 130. The van der Waals surface area contributed by atoms with Gasteiger partial charge in [-0.1, -0.05) is 90.9 Å². The van der Waals surface area contributed by atoms with Crippen LogP contribution in [0, 0.1) is 11.8 Å². The first-order valence-corrected chi connectivity index (χ1v) is 15.7. The van der Waals surface area contributed by atoms with Gasteiger partial charge in [0, 0.05) is 0 Å². The van der Waals surface area contributed by atoms with Crippen molar-refractivity contribution in [2.45, 2.75) is 88.9 Å². The molecule has 0 spiro atoms. The van der Waals surface area contributed by atoms with Crippen LogP contribution in [0.4, 0.5) is 0 Å². The quantitative estimate of drug-likeness (QED) is 0.290. The molecule has 0 nitrogen and oxygen atoms in total. The molecule has 0 aliphatic carbocycles. The molecule has 2 unspecified atom stereocenters. The second kappa shape index (κ2) is 26.4. The van der Waals surface area contributed by atoms with E-state index in [0.29, 0.717) is 0 Å². The molecule has 0 fully saturated rings. The van der Waals surface area contributed by atoms with Crippen molar-refractivity contribution in [2.24, 2.45) is 11.8 Å². The Morgan fingerprint density at radius 1 is 0.714 bits per heavy atom. The Hall–Kier alpha value is 1.50. The van der Waals surface area contributed by atoms with E-state index in [0.717, 1.165) is 23.3 Å². The summed E-state index contributed by atoms with van der Waals surface area (Å²) in [5.74, 6) is 3.55. The summed E-state index contributed by atoms with van der Waals surface area (Å²) in [5, 5.41) is 0. The molecule has 0 heterocycles. The zero-order chi connectivity index (χ0) is 16.9. The van der Waals surface area contributed by atoms with Crippen molar-refractivity contribution < 1.29 is 0 Å². The van der Waals surface area contributed by atoms with Crippen LogP contribution < -0.4 is 0 Å². The maximum atomic E-state index is 4.99. The molecule has 0 aliphatic heterocycles. The third kappa shape index (κ3) is 26.7. The van der Waals surface area contributed by atoms with Crippen molar-refractivity contribution in [3.8, 4) is 0 Å². The molecule has 21 heavy (non-hydrogen) atoms. The number of hydrogen-bond acceptors (Lipinski definition) is 2. The summed E-state index contributed by atoms with van der Waals surface area (Å²) < 4.78 is 0. The maximum absolute atomic E-state index is 4.99. The van der Waals surface area contributed by atoms with Crippen LogP contribution in [0.3, 0.4) is 0 Å². The van der Waals surface area contributed by atoms with Crippen molar-refractivity contribution in [1.82, 2.24) is 0 Å². The van der Waals surface area contributed by atoms with Gasteiger partial charge in [-0.15, -0.1) is 0 Å². The molecule has 0 amide bonds. The molecule has 0 rings (SSSR count). The van der Waals surface area contributed by atoms with E-state index in [2.05, 4.69) is 37.6 Å². The molecule has 0 bridgehead atoms. The third-order valence-corrected chi connectivity index (χ3v) is 4.50. The van der Waals surface area contributed by atoms with Crippen LogP contribution in [0.25, 0.3) is 0 Å². The fraction of sp³-hybridized carbons (Fsp3) is 1.00. The molecule has 0 aromatic heterocycles. The first-order valence-electron chi connectivity index (χ1n) is 8.86. The van der Waals surface area contributed by atoms with Crippen LogP contribution >= 0.6 is 0 Å². The number of rotatable bonds is 10. The van der Waals surface area contributed by atoms with Crippen molar-refractivity contribution >= 4 is 46.4 Å². The molecule has 0 aromatic rings. The zero-order valence-electron chi connectivity index (χ0n) is 15.5. The van der Waals surface area contributed by atoms with Gasteiger partial charge in [0.1, 0.15) is 0 Å². The molecule has 0 aliphatic rings. The van der Waals surface area contributed by atoms with Gasteiger partial charge in [0.2, 0.25) is 0 Å². The number of unbranched alkanes of at least 4 members (excludes halogenated alkanes) is 2. The number of hydrogen-bond donors (Lipinski definition) is 0. The summed E-state index contributed by atoms with van der Waals surface area (Å²) in [4.78, 5) is 4.59. The summed E-state index contributed by atoms with van der Waals surface area (Å²) in [6, 6.07) is 0. The molecule has 0 aromatic carbocycles. The van der Waals surface area contributed by atoms with Crippen LogP contribution in [0.5, 0.6) is 0 Å². The average Bonchev–Trinajstić information content (AvgIpc) is 2.51. The molecule has 2 atom stereocenters. The summed E-state index contributed by atoms with van der Waals surface area (Å²) in [6.07, 6.45) is 10.6. The van der Waals surface area contributed by atoms with Gasteiger partial charge in [0.15, 0.2) is 0 Å². The van der Waals surface area contributed by atoms with Gasteiger partial charge in [-0.2, -0.15) is 11.5 Å². The van der Waals surface area contributed by atoms with Crippen LogP contribution in [-0.4, -0.2) is 32.6 Å². The van der Waals surface area contributed by atoms with Crippen LogP contribution in [0.15, 0.2) is 0 Å². The Balaban J connectivity index is -0.000000260. The predicted molar refractivity (Wildman–Crippen MR) is 109 cm³/mol. The minimum absolute atomic E-state index is 0.230. The van der Waals surface area contributed by atoms with E-state index < -0.39 is 0 Å². The van der Waals surface area contributed by atoms with Crippen LogP contribution in [0.1, 0.15) is 79.1 Å². The van der Waals surface area contributed by atoms with Crippen molar-refractivity contribution in [3.05, 3.63) is 0 Å². The Morgan fingerprint density at radius 2 is 1.00 bits per heavy atom.